The topological polar surface area (TPSA) is 66.5 Å². The fraction of sp³-hybridized carbons (Fsp3) is 0.632. The van der Waals surface area contributed by atoms with Crippen LogP contribution in [0.5, 0.6) is 0 Å². The summed E-state index contributed by atoms with van der Waals surface area (Å²) in [6.45, 7) is 0.280. The van der Waals surface area contributed by atoms with Crippen molar-refractivity contribution in [2.45, 2.75) is 57.4 Å². The minimum absolute atomic E-state index is 0.114. The molecule has 0 radical (unpaired) electrons. The highest BCUT2D eigenvalue weighted by Gasteiger charge is 2.20. The third-order valence-corrected chi connectivity index (χ3v) is 6.17. The number of benzene rings is 1. The Hall–Kier alpha value is -1.47. The molecule has 0 bridgehead atoms. The fourth-order valence-corrected chi connectivity index (χ4v) is 4.19. The van der Waals surface area contributed by atoms with Crippen LogP contribution in [0.15, 0.2) is 24.3 Å². The number of hydrogen-bond donors (Lipinski definition) is 1. The molecular formula is C19H29FN2O3S. The van der Waals surface area contributed by atoms with Crippen LogP contribution in [0, 0.1) is 5.82 Å². The lowest BCUT2D eigenvalue weighted by Crippen LogP contribution is -2.39. The molecule has 7 heteroatoms. The van der Waals surface area contributed by atoms with Crippen LogP contribution in [0.25, 0.3) is 0 Å². The molecule has 1 aliphatic rings. The predicted molar refractivity (Wildman–Crippen MR) is 101 cm³/mol. The van der Waals surface area contributed by atoms with Crippen LogP contribution in [0.3, 0.4) is 0 Å². The lowest BCUT2D eigenvalue weighted by molar-refractivity contribution is -0.122. The van der Waals surface area contributed by atoms with E-state index in [-0.39, 0.29) is 43.7 Å². The highest BCUT2D eigenvalue weighted by molar-refractivity contribution is 7.88. The molecule has 0 saturated heterocycles. The molecule has 0 aliphatic heterocycles. The van der Waals surface area contributed by atoms with Crippen LogP contribution in [0.2, 0.25) is 0 Å². The van der Waals surface area contributed by atoms with Crippen molar-refractivity contribution < 1.29 is 17.6 Å². The molecule has 1 aromatic carbocycles. The van der Waals surface area contributed by atoms with Gasteiger partial charge >= 0.3 is 0 Å². The molecule has 1 saturated carbocycles. The summed E-state index contributed by atoms with van der Waals surface area (Å²) >= 11 is 0. The standard InChI is InChI=1S/C19H29FN2O3S/c1-26(24,25)22(14-12-16-8-6-7-11-18(16)20)15-13-19(23)21-17-9-4-2-3-5-10-17/h6-8,11,17H,2-5,9-10,12-15H2,1H3,(H,21,23). The van der Waals surface area contributed by atoms with Gasteiger partial charge in [0.05, 0.1) is 6.26 Å². The van der Waals surface area contributed by atoms with Crippen LogP contribution in [-0.4, -0.2) is 44.0 Å². The molecule has 2 rings (SSSR count). The van der Waals surface area contributed by atoms with Gasteiger partial charge in [-0.3, -0.25) is 4.79 Å². The van der Waals surface area contributed by atoms with Gasteiger partial charge in [0.15, 0.2) is 0 Å². The van der Waals surface area contributed by atoms with Crippen LogP contribution in [0.4, 0.5) is 4.39 Å². The molecule has 1 N–H and O–H groups in total. The van der Waals surface area contributed by atoms with Crippen LogP contribution in [-0.2, 0) is 21.2 Å². The van der Waals surface area contributed by atoms with Crippen molar-refractivity contribution in [2.75, 3.05) is 19.3 Å². The normalized spacial score (nSPS) is 16.4. The van der Waals surface area contributed by atoms with Crippen LogP contribution < -0.4 is 5.32 Å². The zero-order valence-electron chi connectivity index (χ0n) is 15.4. The summed E-state index contributed by atoms with van der Waals surface area (Å²) in [5.41, 5.74) is 0.476. The van der Waals surface area contributed by atoms with E-state index in [4.69, 9.17) is 0 Å². The first kappa shape index (κ1) is 20.8. The van der Waals surface area contributed by atoms with Crippen molar-refractivity contribution in [1.29, 1.82) is 0 Å². The van der Waals surface area contributed by atoms with Gasteiger partial charge in [0.2, 0.25) is 15.9 Å². The van der Waals surface area contributed by atoms with Gasteiger partial charge in [0, 0.05) is 25.6 Å². The monoisotopic (exact) mass is 384 g/mol. The Kier molecular flexibility index (Phi) is 8.03. The van der Waals surface area contributed by atoms with Crippen molar-refractivity contribution in [3.63, 3.8) is 0 Å². The summed E-state index contributed by atoms with van der Waals surface area (Å²) < 4.78 is 38.9. The van der Waals surface area contributed by atoms with E-state index in [0.717, 1.165) is 31.9 Å². The molecule has 146 valence electrons. The Morgan fingerprint density at radius 3 is 2.42 bits per heavy atom. The number of carbonyl (C=O) groups is 1. The SMILES string of the molecule is CS(=O)(=O)N(CCC(=O)NC1CCCCCC1)CCc1ccccc1F. The minimum atomic E-state index is -3.45. The second-order valence-electron chi connectivity index (χ2n) is 7.01. The zero-order valence-corrected chi connectivity index (χ0v) is 16.2. The summed E-state index contributed by atoms with van der Waals surface area (Å²) in [5.74, 6) is -0.455. The number of amides is 1. The van der Waals surface area contributed by atoms with E-state index in [9.17, 15) is 17.6 Å². The first-order chi connectivity index (χ1) is 12.4. The van der Waals surface area contributed by atoms with E-state index in [1.54, 1.807) is 18.2 Å². The first-order valence-corrected chi connectivity index (χ1v) is 11.2. The van der Waals surface area contributed by atoms with Crippen molar-refractivity contribution in [3.05, 3.63) is 35.6 Å². The third-order valence-electron chi connectivity index (χ3n) is 4.87. The second-order valence-corrected chi connectivity index (χ2v) is 8.99. The molecule has 1 aliphatic carbocycles. The van der Waals surface area contributed by atoms with Crippen molar-refractivity contribution in [3.8, 4) is 0 Å². The molecule has 1 aromatic rings. The Balaban J connectivity index is 1.85. The van der Waals surface area contributed by atoms with Crippen molar-refractivity contribution in [2.24, 2.45) is 0 Å². The maximum absolute atomic E-state index is 13.7. The van der Waals surface area contributed by atoms with Gasteiger partial charge in [-0.1, -0.05) is 43.9 Å². The van der Waals surface area contributed by atoms with E-state index >= 15 is 0 Å². The maximum Gasteiger partial charge on any atom is 0.221 e. The van der Waals surface area contributed by atoms with E-state index in [1.165, 1.54) is 23.2 Å². The second kappa shape index (κ2) is 10.0. The number of nitrogens with zero attached hydrogens (tertiary/aromatic N) is 1. The van der Waals surface area contributed by atoms with Gasteiger partial charge in [-0.2, -0.15) is 0 Å². The highest BCUT2D eigenvalue weighted by atomic mass is 32.2. The van der Waals surface area contributed by atoms with Gasteiger partial charge in [-0.25, -0.2) is 17.1 Å². The Morgan fingerprint density at radius 1 is 1.15 bits per heavy atom. The number of halogens is 1. The third kappa shape index (κ3) is 7.03. The summed E-state index contributed by atoms with van der Waals surface area (Å²) in [7, 11) is -3.45. The quantitative estimate of drug-likeness (QED) is 0.701. The Labute approximate surface area is 156 Å². The van der Waals surface area contributed by atoms with E-state index in [1.807, 2.05) is 0 Å². The van der Waals surface area contributed by atoms with E-state index in [2.05, 4.69) is 5.32 Å². The number of sulfonamides is 1. The fourth-order valence-electron chi connectivity index (χ4n) is 3.34. The smallest absolute Gasteiger partial charge is 0.221 e. The summed E-state index contributed by atoms with van der Waals surface area (Å²) in [6.07, 6.45) is 8.20. The summed E-state index contributed by atoms with van der Waals surface area (Å²) in [4.78, 5) is 12.2. The molecule has 5 nitrogen and oxygen atoms in total. The summed E-state index contributed by atoms with van der Waals surface area (Å²) in [6, 6.07) is 6.54. The molecule has 1 fully saturated rings. The van der Waals surface area contributed by atoms with Gasteiger partial charge in [-0.15, -0.1) is 0 Å². The number of nitrogens with one attached hydrogen (secondary N) is 1. The zero-order chi connectivity index (χ0) is 19.0. The highest BCUT2D eigenvalue weighted by Crippen LogP contribution is 2.17. The van der Waals surface area contributed by atoms with Crippen molar-refractivity contribution in [1.82, 2.24) is 9.62 Å². The molecule has 1 amide bonds. The minimum Gasteiger partial charge on any atom is -0.353 e. The van der Waals surface area contributed by atoms with Gasteiger partial charge < -0.3 is 5.32 Å². The molecule has 0 aromatic heterocycles. The average Bonchev–Trinajstić information content (AvgIpc) is 2.83. The van der Waals surface area contributed by atoms with Gasteiger partial charge in [0.25, 0.3) is 0 Å². The molecule has 0 unspecified atom stereocenters. The molecule has 26 heavy (non-hydrogen) atoms. The van der Waals surface area contributed by atoms with E-state index < -0.39 is 10.0 Å². The molecule has 0 atom stereocenters. The van der Waals surface area contributed by atoms with Crippen molar-refractivity contribution >= 4 is 15.9 Å². The largest absolute Gasteiger partial charge is 0.353 e. The number of rotatable bonds is 8. The Morgan fingerprint density at radius 2 is 1.81 bits per heavy atom. The Bertz CT molecular complexity index is 686. The summed E-state index contributed by atoms with van der Waals surface area (Å²) in [5, 5.41) is 3.03. The lowest BCUT2D eigenvalue weighted by atomic mass is 10.1. The number of hydrogen-bond acceptors (Lipinski definition) is 3. The van der Waals surface area contributed by atoms with Crippen LogP contribution in [0.1, 0.15) is 50.5 Å². The van der Waals surface area contributed by atoms with Gasteiger partial charge in [-0.05, 0) is 30.9 Å². The van der Waals surface area contributed by atoms with E-state index in [0.29, 0.717) is 5.56 Å². The van der Waals surface area contributed by atoms with Crippen LogP contribution >= 0.6 is 0 Å². The number of carbonyl (C=O) groups excluding carboxylic acids is 1. The maximum atomic E-state index is 13.7. The van der Waals surface area contributed by atoms with Gasteiger partial charge in [0.1, 0.15) is 5.82 Å². The molecular weight excluding hydrogens is 355 g/mol. The first-order valence-electron chi connectivity index (χ1n) is 9.34. The predicted octanol–water partition coefficient (Wildman–Crippen LogP) is 2.86. The molecule has 0 heterocycles. The molecule has 0 spiro atoms. The average molecular weight is 385 g/mol. The lowest BCUT2D eigenvalue weighted by Gasteiger charge is -2.21.